The van der Waals surface area contributed by atoms with E-state index in [0.717, 1.165) is 12.0 Å². The van der Waals surface area contributed by atoms with Crippen molar-refractivity contribution in [3.63, 3.8) is 0 Å². The molecule has 1 atom stereocenters. The van der Waals surface area contributed by atoms with Gasteiger partial charge in [-0.05, 0) is 6.07 Å². The average Bonchev–Trinajstić information content (AvgIpc) is 2.19. The van der Waals surface area contributed by atoms with Crippen LogP contribution in [0.1, 0.15) is 24.9 Å². The fourth-order valence-corrected chi connectivity index (χ4v) is 2.02. The summed E-state index contributed by atoms with van der Waals surface area (Å²) in [6.07, 6.45) is 0.785. The Labute approximate surface area is 93.4 Å². The molecule has 0 bridgehead atoms. The van der Waals surface area contributed by atoms with Gasteiger partial charge in [-0.2, -0.15) is 0 Å². The molecule has 3 nitrogen and oxygen atoms in total. The highest BCUT2D eigenvalue weighted by Gasteiger charge is 2.23. The Kier molecular flexibility index (Phi) is 2.82. The molecule has 1 aromatic carbocycles. The molecule has 0 fully saturated rings. The second-order valence-electron chi connectivity index (χ2n) is 3.55. The zero-order valence-electron chi connectivity index (χ0n) is 8.42. The molecule has 1 amide bonds. The number of halogens is 1. The minimum Gasteiger partial charge on any atom is -0.492 e. The number of fused-ring (bicyclic) bond motifs is 1. The number of para-hydroxylation sites is 1. The summed E-state index contributed by atoms with van der Waals surface area (Å²) in [5.41, 5.74) is 0.962. The highest BCUT2D eigenvalue weighted by atomic mass is 35.5. The third-order valence-electron chi connectivity index (χ3n) is 2.40. The van der Waals surface area contributed by atoms with E-state index in [1.807, 2.05) is 12.1 Å². The summed E-state index contributed by atoms with van der Waals surface area (Å²) in [6, 6.07) is 5.60. The van der Waals surface area contributed by atoms with Crippen LogP contribution in [0.5, 0.6) is 5.75 Å². The Morgan fingerprint density at radius 1 is 1.60 bits per heavy atom. The number of benzene rings is 1. The van der Waals surface area contributed by atoms with Gasteiger partial charge < -0.3 is 10.1 Å². The van der Waals surface area contributed by atoms with Gasteiger partial charge in [0.2, 0.25) is 5.91 Å². The Morgan fingerprint density at radius 3 is 3.13 bits per heavy atom. The lowest BCUT2D eigenvalue weighted by Crippen LogP contribution is -2.30. The van der Waals surface area contributed by atoms with Gasteiger partial charge in [-0.15, -0.1) is 0 Å². The lowest BCUT2D eigenvalue weighted by molar-refractivity contribution is -0.119. The first-order chi connectivity index (χ1) is 7.18. The van der Waals surface area contributed by atoms with E-state index in [0.29, 0.717) is 17.4 Å². The smallest absolute Gasteiger partial charge is 0.217 e. The van der Waals surface area contributed by atoms with Crippen LogP contribution in [0, 0.1) is 0 Å². The Morgan fingerprint density at radius 2 is 2.40 bits per heavy atom. The average molecular weight is 226 g/mol. The Balaban J connectivity index is 2.34. The maximum absolute atomic E-state index is 11.0. The van der Waals surface area contributed by atoms with Crippen molar-refractivity contribution in [3.8, 4) is 5.75 Å². The van der Waals surface area contributed by atoms with Crippen molar-refractivity contribution in [3.05, 3.63) is 28.8 Å². The van der Waals surface area contributed by atoms with Crippen molar-refractivity contribution in [2.24, 2.45) is 0 Å². The third-order valence-corrected chi connectivity index (χ3v) is 2.70. The molecule has 80 valence electrons. The summed E-state index contributed by atoms with van der Waals surface area (Å²) in [5, 5.41) is 3.49. The summed E-state index contributed by atoms with van der Waals surface area (Å²) < 4.78 is 5.48. The number of hydrogen-bond donors (Lipinski definition) is 1. The molecule has 1 N–H and O–H groups in total. The number of amides is 1. The monoisotopic (exact) mass is 225 g/mol. The van der Waals surface area contributed by atoms with Crippen molar-refractivity contribution in [1.29, 1.82) is 0 Å². The molecule has 2 rings (SSSR count). The fourth-order valence-electron chi connectivity index (χ4n) is 1.78. The third kappa shape index (κ3) is 2.07. The van der Waals surface area contributed by atoms with E-state index < -0.39 is 0 Å². The van der Waals surface area contributed by atoms with Crippen LogP contribution in [0.3, 0.4) is 0 Å². The van der Waals surface area contributed by atoms with E-state index in [4.69, 9.17) is 16.3 Å². The number of carbonyl (C=O) groups excluding carboxylic acids is 1. The normalized spacial score (nSPS) is 18.9. The lowest BCUT2D eigenvalue weighted by Gasteiger charge is -2.26. The molecule has 0 spiro atoms. The highest BCUT2D eigenvalue weighted by molar-refractivity contribution is 6.32. The van der Waals surface area contributed by atoms with Gasteiger partial charge in [0.25, 0.3) is 0 Å². The molecule has 0 radical (unpaired) electrons. The van der Waals surface area contributed by atoms with Crippen molar-refractivity contribution in [2.75, 3.05) is 6.61 Å². The van der Waals surface area contributed by atoms with E-state index in [9.17, 15) is 4.79 Å². The van der Waals surface area contributed by atoms with Gasteiger partial charge in [0.05, 0.1) is 17.7 Å². The lowest BCUT2D eigenvalue weighted by atomic mass is 10.0. The Hall–Kier alpha value is -1.22. The molecule has 1 aliphatic heterocycles. The van der Waals surface area contributed by atoms with Crippen LogP contribution < -0.4 is 10.1 Å². The molecule has 1 unspecified atom stereocenters. The van der Waals surface area contributed by atoms with Crippen LogP contribution in [0.2, 0.25) is 5.02 Å². The molecule has 1 heterocycles. The molecule has 0 saturated carbocycles. The topological polar surface area (TPSA) is 38.3 Å². The van der Waals surface area contributed by atoms with Gasteiger partial charge in [0.1, 0.15) is 5.75 Å². The first-order valence-electron chi connectivity index (χ1n) is 4.87. The van der Waals surface area contributed by atoms with Crippen LogP contribution in [0.4, 0.5) is 0 Å². The van der Waals surface area contributed by atoms with E-state index in [1.165, 1.54) is 6.92 Å². The summed E-state index contributed by atoms with van der Waals surface area (Å²) in [6.45, 7) is 2.10. The standard InChI is InChI=1S/C11H12ClNO2/c1-7(14)13-10-5-6-15-11-8(10)3-2-4-9(11)12/h2-4,10H,5-6H2,1H3,(H,13,14). The highest BCUT2D eigenvalue weighted by Crippen LogP contribution is 2.37. The maximum atomic E-state index is 11.0. The number of rotatable bonds is 1. The maximum Gasteiger partial charge on any atom is 0.217 e. The molecule has 1 aromatic rings. The second-order valence-corrected chi connectivity index (χ2v) is 3.96. The van der Waals surface area contributed by atoms with Gasteiger partial charge in [-0.1, -0.05) is 23.7 Å². The first-order valence-corrected chi connectivity index (χ1v) is 5.24. The van der Waals surface area contributed by atoms with Crippen LogP contribution in [0.15, 0.2) is 18.2 Å². The quantitative estimate of drug-likeness (QED) is 0.797. The molecule has 1 aliphatic rings. The SMILES string of the molecule is CC(=O)NC1CCOc2c(Cl)cccc21. The largest absolute Gasteiger partial charge is 0.492 e. The van der Waals surface area contributed by atoms with Gasteiger partial charge in [0, 0.05) is 18.9 Å². The number of hydrogen-bond acceptors (Lipinski definition) is 2. The second kappa shape index (κ2) is 4.11. The molecular weight excluding hydrogens is 214 g/mol. The molecule has 15 heavy (non-hydrogen) atoms. The summed E-state index contributed by atoms with van der Waals surface area (Å²) in [4.78, 5) is 11.0. The summed E-state index contributed by atoms with van der Waals surface area (Å²) >= 11 is 6.01. The number of ether oxygens (including phenoxy) is 1. The van der Waals surface area contributed by atoms with Gasteiger partial charge in [0.15, 0.2) is 0 Å². The van der Waals surface area contributed by atoms with E-state index in [-0.39, 0.29) is 11.9 Å². The number of carbonyl (C=O) groups is 1. The number of nitrogens with one attached hydrogen (secondary N) is 1. The van der Waals surface area contributed by atoms with Crippen molar-refractivity contribution in [1.82, 2.24) is 5.32 Å². The van der Waals surface area contributed by atoms with Crippen LogP contribution in [0.25, 0.3) is 0 Å². The van der Waals surface area contributed by atoms with Crippen molar-refractivity contribution >= 4 is 17.5 Å². The minimum absolute atomic E-state index is 0.0185. The fraction of sp³-hybridized carbons (Fsp3) is 0.364. The van der Waals surface area contributed by atoms with Gasteiger partial charge in [-0.3, -0.25) is 4.79 Å². The zero-order valence-corrected chi connectivity index (χ0v) is 9.17. The van der Waals surface area contributed by atoms with Crippen molar-refractivity contribution < 1.29 is 9.53 Å². The minimum atomic E-state index is -0.0344. The zero-order chi connectivity index (χ0) is 10.8. The molecule has 4 heteroatoms. The molecule has 0 saturated heterocycles. The van der Waals surface area contributed by atoms with E-state index in [2.05, 4.69) is 5.32 Å². The van der Waals surface area contributed by atoms with Gasteiger partial charge >= 0.3 is 0 Å². The summed E-state index contributed by atoms with van der Waals surface area (Å²) in [7, 11) is 0. The van der Waals surface area contributed by atoms with Crippen LogP contribution in [-0.2, 0) is 4.79 Å². The molecule has 0 aromatic heterocycles. The Bertz CT molecular complexity index is 392. The van der Waals surface area contributed by atoms with E-state index in [1.54, 1.807) is 6.07 Å². The van der Waals surface area contributed by atoms with Crippen LogP contribution in [-0.4, -0.2) is 12.5 Å². The predicted molar refractivity (Wildman–Crippen MR) is 58.1 cm³/mol. The summed E-state index contributed by atoms with van der Waals surface area (Å²) in [5.74, 6) is 0.664. The van der Waals surface area contributed by atoms with Crippen molar-refractivity contribution in [2.45, 2.75) is 19.4 Å². The van der Waals surface area contributed by atoms with Gasteiger partial charge in [-0.25, -0.2) is 0 Å². The van der Waals surface area contributed by atoms with E-state index >= 15 is 0 Å². The molecular formula is C11H12ClNO2. The first kappa shape index (κ1) is 10.3. The molecule has 0 aliphatic carbocycles. The predicted octanol–water partition coefficient (Wildman–Crippen LogP) is 2.30. The van der Waals surface area contributed by atoms with Crippen LogP contribution >= 0.6 is 11.6 Å².